The highest BCUT2D eigenvalue weighted by Gasteiger charge is 2.31. The third-order valence-electron chi connectivity index (χ3n) is 6.65. The number of carbonyl (C=O) groups excluding carboxylic acids is 2. The lowest BCUT2D eigenvalue weighted by atomic mass is 9.87. The fraction of sp³-hybridized carbons (Fsp3) is 0.370. The summed E-state index contributed by atoms with van der Waals surface area (Å²) in [4.78, 5) is 32.2. The van der Waals surface area contributed by atoms with E-state index in [0.717, 1.165) is 30.7 Å². The zero-order chi connectivity index (χ0) is 22.2. The summed E-state index contributed by atoms with van der Waals surface area (Å²) >= 11 is 0. The van der Waals surface area contributed by atoms with E-state index in [1.54, 1.807) is 13.2 Å². The number of hydrogen-bond acceptors (Lipinski definition) is 4. The standard InChI is InChI=1S/C27H28N2O3/c1-17-16-29(27(31)19-5-3-6-21(13-19)32-2)12-11-22(17)24-14-20(15-26(30)18-9-10-18)28-25-8-4-7-23(24)25/h3-7,11,13-14,17-18H,8-10,12,15-16H2,1-2H3. The first-order valence-electron chi connectivity index (χ1n) is 11.4. The van der Waals surface area contributed by atoms with Crippen LogP contribution >= 0.6 is 0 Å². The van der Waals surface area contributed by atoms with Crippen LogP contribution in [-0.4, -0.2) is 41.8 Å². The minimum Gasteiger partial charge on any atom is -0.497 e. The van der Waals surface area contributed by atoms with Crippen LogP contribution in [-0.2, 0) is 17.6 Å². The van der Waals surface area contributed by atoms with Crippen LogP contribution in [0.5, 0.6) is 5.75 Å². The van der Waals surface area contributed by atoms with Gasteiger partial charge in [-0.25, -0.2) is 0 Å². The Morgan fingerprint density at radius 3 is 2.81 bits per heavy atom. The smallest absolute Gasteiger partial charge is 0.254 e. The molecular weight excluding hydrogens is 400 g/mol. The molecule has 1 atom stereocenters. The normalized spacial score (nSPS) is 19.5. The average Bonchev–Trinajstić information content (AvgIpc) is 3.56. The van der Waals surface area contributed by atoms with Gasteiger partial charge >= 0.3 is 0 Å². The molecule has 2 aliphatic carbocycles. The number of aromatic nitrogens is 1. The number of pyridine rings is 1. The molecule has 0 spiro atoms. The highest BCUT2D eigenvalue weighted by Crippen LogP contribution is 2.36. The molecule has 32 heavy (non-hydrogen) atoms. The molecule has 1 fully saturated rings. The topological polar surface area (TPSA) is 59.5 Å². The Hall–Kier alpha value is -3.21. The molecular formula is C27H28N2O3. The third kappa shape index (κ3) is 3.99. The summed E-state index contributed by atoms with van der Waals surface area (Å²) in [5.74, 6) is 1.45. The molecule has 5 nitrogen and oxygen atoms in total. The number of ether oxygens (including phenoxy) is 1. The van der Waals surface area contributed by atoms with Crippen molar-refractivity contribution in [3.8, 4) is 5.75 Å². The lowest BCUT2D eigenvalue weighted by Gasteiger charge is -2.32. The fourth-order valence-corrected chi connectivity index (χ4v) is 4.75. The summed E-state index contributed by atoms with van der Waals surface area (Å²) in [5, 5.41) is 0. The molecule has 5 rings (SSSR count). The highest BCUT2D eigenvalue weighted by atomic mass is 16.5. The Labute approximate surface area is 188 Å². The van der Waals surface area contributed by atoms with Crippen molar-refractivity contribution < 1.29 is 14.3 Å². The van der Waals surface area contributed by atoms with Crippen LogP contribution in [0.4, 0.5) is 0 Å². The molecule has 3 aliphatic rings. The number of Topliss-reactive ketones (excluding diaryl/α,β-unsaturated/α-hetero) is 1. The molecule has 1 saturated carbocycles. The number of benzene rings is 1. The number of amides is 1. The van der Waals surface area contributed by atoms with Crippen molar-refractivity contribution in [1.82, 2.24) is 9.88 Å². The second-order valence-corrected chi connectivity index (χ2v) is 9.05. The van der Waals surface area contributed by atoms with E-state index in [-0.39, 0.29) is 17.7 Å². The lowest BCUT2D eigenvalue weighted by Crippen LogP contribution is -2.38. The number of allylic oxidation sites excluding steroid dienone is 1. The Balaban J connectivity index is 1.41. The minimum atomic E-state index is 0.0154. The van der Waals surface area contributed by atoms with Gasteiger partial charge in [-0.05, 0) is 54.2 Å². The lowest BCUT2D eigenvalue weighted by molar-refractivity contribution is -0.119. The Bertz CT molecular complexity index is 1140. The van der Waals surface area contributed by atoms with E-state index in [4.69, 9.17) is 9.72 Å². The van der Waals surface area contributed by atoms with Gasteiger partial charge in [-0.15, -0.1) is 0 Å². The van der Waals surface area contributed by atoms with Crippen LogP contribution in [0.1, 0.15) is 52.6 Å². The van der Waals surface area contributed by atoms with Gasteiger partial charge in [0.05, 0.1) is 12.8 Å². The average molecular weight is 429 g/mol. The van der Waals surface area contributed by atoms with E-state index in [2.05, 4.69) is 31.2 Å². The Morgan fingerprint density at radius 1 is 1.22 bits per heavy atom. The minimum absolute atomic E-state index is 0.0154. The summed E-state index contributed by atoms with van der Waals surface area (Å²) < 4.78 is 5.27. The van der Waals surface area contributed by atoms with Crippen molar-refractivity contribution >= 4 is 23.3 Å². The van der Waals surface area contributed by atoms with E-state index in [9.17, 15) is 9.59 Å². The van der Waals surface area contributed by atoms with E-state index in [0.29, 0.717) is 36.6 Å². The fourth-order valence-electron chi connectivity index (χ4n) is 4.75. The molecule has 5 heteroatoms. The summed E-state index contributed by atoms with van der Waals surface area (Å²) in [6.45, 7) is 3.38. The summed E-state index contributed by atoms with van der Waals surface area (Å²) in [7, 11) is 1.61. The van der Waals surface area contributed by atoms with Crippen molar-refractivity contribution in [3.63, 3.8) is 0 Å². The molecule has 1 aromatic heterocycles. The molecule has 164 valence electrons. The Morgan fingerprint density at radius 2 is 2.06 bits per heavy atom. The van der Waals surface area contributed by atoms with E-state index >= 15 is 0 Å². The zero-order valence-corrected chi connectivity index (χ0v) is 18.6. The van der Waals surface area contributed by atoms with Gasteiger partial charge in [-0.2, -0.15) is 0 Å². The zero-order valence-electron chi connectivity index (χ0n) is 18.6. The Kier molecular flexibility index (Phi) is 5.41. The van der Waals surface area contributed by atoms with E-state index in [1.807, 2.05) is 23.1 Å². The van der Waals surface area contributed by atoms with Gasteiger partial charge in [0.15, 0.2) is 0 Å². The van der Waals surface area contributed by atoms with E-state index in [1.165, 1.54) is 16.7 Å². The van der Waals surface area contributed by atoms with Crippen LogP contribution in [0, 0.1) is 11.8 Å². The molecule has 0 saturated heterocycles. The maximum atomic E-state index is 13.1. The van der Waals surface area contributed by atoms with Gasteiger partial charge in [0.1, 0.15) is 11.5 Å². The maximum absolute atomic E-state index is 13.1. The van der Waals surface area contributed by atoms with Gasteiger partial charge in [-0.1, -0.05) is 31.2 Å². The maximum Gasteiger partial charge on any atom is 0.254 e. The number of ketones is 1. The van der Waals surface area contributed by atoms with Gasteiger partial charge in [-0.3, -0.25) is 14.6 Å². The molecule has 0 N–H and O–H groups in total. The van der Waals surface area contributed by atoms with Crippen molar-refractivity contribution in [3.05, 3.63) is 70.6 Å². The first-order chi connectivity index (χ1) is 15.5. The number of methoxy groups -OCH3 is 1. The van der Waals surface area contributed by atoms with Crippen LogP contribution in [0.15, 0.2) is 42.5 Å². The van der Waals surface area contributed by atoms with Gasteiger partial charge in [0, 0.05) is 48.7 Å². The third-order valence-corrected chi connectivity index (χ3v) is 6.65. The molecule has 0 bridgehead atoms. The van der Waals surface area contributed by atoms with Crippen molar-refractivity contribution in [2.75, 3.05) is 20.2 Å². The number of nitrogens with zero attached hydrogens (tertiary/aromatic N) is 2. The largest absolute Gasteiger partial charge is 0.497 e. The van der Waals surface area contributed by atoms with E-state index < -0.39 is 0 Å². The van der Waals surface area contributed by atoms with Gasteiger partial charge in [0.2, 0.25) is 0 Å². The molecule has 1 aliphatic heterocycles. The highest BCUT2D eigenvalue weighted by molar-refractivity contribution is 5.95. The van der Waals surface area contributed by atoms with Crippen molar-refractivity contribution in [2.24, 2.45) is 11.8 Å². The quantitative estimate of drug-likeness (QED) is 0.686. The number of rotatable bonds is 6. The SMILES string of the molecule is COc1cccc(C(=O)N2CC=C(c3cc(CC(=O)C4CC4)nc4c3C=CC4)C(C)C2)c1. The first-order valence-corrected chi connectivity index (χ1v) is 11.4. The second kappa shape index (κ2) is 8.38. The molecule has 2 heterocycles. The number of fused-ring (bicyclic) bond motifs is 1. The van der Waals surface area contributed by atoms with Gasteiger partial charge < -0.3 is 9.64 Å². The predicted molar refractivity (Wildman–Crippen MR) is 124 cm³/mol. The van der Waals surface area contributed by atoms with Crippen LogP contribution < -0.4 is 4.74 Å². The van der Waals surface area contributed by atoms with Crippen LogP contribution in [0.2, 0.25) is 0 Å². The molecule has 1 unspecified atom stereocenters. The van der Waals surface area contributed by atoms with Crippen molar-refractivity contribution in [2.45, 2.75) is 32.6 Å². The predicted octanol–water partition coefficient (Wildman–Crippen LogP) is 4.36. The van der Waals surface area contributed by atoms with Crippen LogP contribution in [0.25, 0.3) is 11.6 Å². The molecule has 0 radical (unpaired) electrons. The summed E-state index contributed by atoms with van der Waals surface area (Å²) in [5.41, 5.74) is 6.15. The van der Waals surface area contributed by atoms with Crippen LogP contribution in [0.3, 0.4) is 0 Å². The number of hydrogen-bond donors (Lipinski definition) is 0. The second-order valence-electron chi connectivity index (χ2n) is 9.05. The molecule has 2 aromatic rings. The molecule has 1 aromatic carbocycles. The van der Waals surface area contributed by atoms with Crippen molar-refractivity contribution in [1.29, 1.82) is 0 Å². The molecule has 1 amide bonds. The first kappa shape index (κ1) is 20.7. The summed E-state index contributed by atoms with van der Waals surface area (Å²) in [6, 6.07) is 9.42. The monoisotopic (exact) mass is 428 g/mol. The number of carbonyl (C=O) groups is 2. The summed E-state index contributed by atoms with van der Waals surface area (Å²) in [6.07, 6.45) is 9.74. The van der Waals surface area contributed by atoms with Gasteiger partial charge in [0.25, 0.3) is 5.91 Å².